The average Bonchev–Trinajstić information content (AvgIpc) is 2.95. The van der Waals surface area contributed by atoms with Gasteiger partial charge in [-0.2, -0.15) is 10.2 Å². The van der Waals surface area contributed by atoms with Crippen molar-refractivity contribution >= 4 is 17.3 Å². The predicted molar refractivity (Wildman–Crippen MR) is 61.3 cm³/mol. The smallest absolute Gasteiger partial charge is 0.269 e. The van der Waals surface area contributed by atoms with Crippen LogP contribution in [0.5, 0.6) is 0 Å². The molecule has 0 N–H and O–H groups in total. The van der Waals surface area contributed by atoms with Gasteiger partial charge in [-0.05, 0) is 24.2 Å². The van der Waals surface area contributed by atoms with E-state index < -0.39 is 0 Å². The molecule has 0 saturated carbocycles. The second-order valence-electron chi connectivity index (χ2n) is 3.19. The Hall–Kier alpha value is -1.87. The van der Waals surface area contributed by atoms with Crippen LogP contribution in [0.2, 0.25) is 0 Å². The van der Waals surface area contributed by atoms with Gasteiger partial charge in [-0.25, -0.2) is 0 Å². The number of anilines is 1. The van der Waals surface area contributed by atoms with Gasteiger partial charge in [-0.3, -0.25) is 0 Å². The summed E-state index contributed by atoms with van der Waals surface area (Å²) in [5, 5.41) is 12.6. The molecule has 0 spiro atoms. The fraction of sp³-hybridized carbons (Fsp3) is 0.300. The first-order valence-electron chi connectivity index (χ1n) is 4.79. The highest BCUT2D eigenvalue weighted by Crippen LogP contribution is 2.27. The molecular weight excluding hydrogens is 224 g/mol. The molecule has 0 aliphatic heterocycles. The number of nitrogens with zero attached hydrogens (tertiary/aromatic N) is 4. The van der Waals surface area contributed by atoms with Crippen molar-refractivity contribution in [1.82, 2.24) is 10.1 Å². The van der Waals surface area contributed by atoms with Gasteiger partial charge in [0.25, 0.3) is 11.8 Å². The third kappa shape index (κ3) is 1.90. The molecule has 16 heavy (non-hydrogen) atoms. The molecule has 0 amide bonds. The summed E-state index contributed by atoms with van der Waals surface area (Å²) in [6, 6.07) is 5.63. The minimum Gasteiger partial charge on any atom is -0.342 e. The second-order valence-corrected chi connectivity index (χ2v) is 4.27. The zero-order valence-electron chi connectivity index (χ0n) is 8.97. The monoisotopic (exact) mass is 234 g/mol. The average molecular weight is 234 g/mol. The maximum atomic E-state index is 8.71. The Morgan fingerprint density at radius 3 is 3.00 bits per heavy atom. The van der Waals surface area contributed by atoms with Crippen LogP contribution in [-0.2, 0) is 0 Å². The molecule has 0 aliphatic carbocycles. The number of nitriles is 1. The van der Waals surface area contributed by atoms with Gasteiger partial charge in [-0.15, -0.1) is 11.3 Å². The number of aromatic nitrogens is 2. The van der Waals surface area contributed by atoms with E-state index in [9.17, 15) is 0 Å². The lowest BCUT2D eigenvalue weighted by Crippen LogP contribution is -2.16. The Morgan fingerprint density at radius 1 is 1.56 bits per heavy atom. The van der Waals surface area contributed by atoms with E-state index in [0.29, 0.717) is 16.7 Å². The summed E-state index contributed by atoms with van der Waals surface area (Å²) in [5.41, 5.74) is 0. The Morgan fingerprint density at radius 2 is 2.38 bits per heavy atom. The van der Waals surface area contributed by atoms with Gasteiger partial charge >= 0.3 is 0 Å². The third-order valence-electron chi connectivity index (χ3n) is 2.16. The lowest BCUT2D eigenvalue weighted by Gasteiger charge is -2.08. The molecule has 5 nitrogen and oxygen atoms in total. The molecule has 0 unspecified atom stereocenters. The molecule has 82 valence electrons. The summed E-state index contributed by atoms with van der Waals surface area (Å²) in [6.07, 6.45) is 0. The van der Waals surface area contributed by atoms with E-state index in [0.717, 1.165) is 11.4 Å². The van der Waals surface area contributed by atoms with Gasteiger partial charge in [0.15, 0.2) is 0 Å². The van der Waals surface area contributed by atoms with E-state index in [1.54, 1.807) is 6.07 Å². The summed E-state index contributed by atoms with van der Waals surface area (Å²) >= 11 is 1.34. The first-order chi connectivity index (χ1) is 7.74. The Balaban J connectivity index is 2.28. The number of hydrogen-bond donors (Lipinski definition) is 0. The van der Waals surface area contributed by atoms with Gasteiger partial charge in [0.05, 0.1) is 4.88 Å². The van der Waals surface area contributed by atoms with Crippen molar-refractivity contribution in [3.05, 3.63) is 17.0 Å². The molecule has 0 aliphatic rings. The van der Waals surface area contributed by atoms with Crippen molar-refractivity contribution in [3.8, 4) is 16.8 Å². The van der Waals surface area contributed by atoms with Crippen molar-refractivity contribution < 1.29 is 4.52 Å². The van der Waals surface area contributed by atoms with Crippen LogP contribution in [0.4, 0.5) is 5.95 Å². The first-order valence-corrected chi connectivity index (χ1v) is 5.61. The summed E-state index contributed by atoms with van der Waals surface area (Å²) in [6.45, 7) is 2.82. The molecule has 0 radical (unpaired) electrons. The van der Waals surface area contributed by atoms with Crippen molar-refractivity contribution in [2.24, 2.45) is 0 Å². The molecule has 6 heteroatoms. The van der Waals surface area contributed by atoms with Crippen LogP contribution in [0.3, 0.4) is 0 Å². The van der Waals surface area contributed by atoms with Crippen LogP contribution in [0.25, 0.3) is 10.8 Å². The van der Waals surface area contributed by atoms with Gasteiger partial charge in [0.1, 0.15) is 10.9 Å². The maximum absolute atomic E-state index is 8.71. The highest BCUT2D eigenvalue weighted by atomic mass is 32.1. The molecule has 2 aromatic rings. The van der Waals surface area contributed by atoms with Gasteiger partial charge < -0.3 is 9.42 Å². The van der Waals surface area contributed by atoms with E-state index >= 15 is 0 Å². The van der Waals surface area contributed by atoms with Gasteiger partial charge in [0, 0.05) is 13.6 Å². The molecule has 0 atom stereocenters. The van der Waals surface area contributed by atoms with E-state index in [4.69, 9.17) is 9.78 Å². The fourth-order valence-corrected chi connectivity index (χ4v) is 1.85. The SMILES string of the molecule is CCN(C)c1noc(-c2ccc(C#N)s2)n1. The number of hydrogen-bond acceptors (Lipinski definition) is 6. The number of thiophene rings is 1. The zero-order valence-corrected chi connectivity index (χ0v) is 9.78. The molecule has 0 saturated heterocycles. The Bertz CT molecular complexity index is 525. The highest BCUT2D eigenvalue weighted by molar-refractivity contribution is 7.15. The van der Waals surface area contributed by atoms with Crippen LogP contribution in [0.15, 0.2) is 16.7 Å². The van der Waals surface area contributed by atoms with Crippen LogP contribution in [0, 0.1) is 11.3 Å². The van der Waals surface area contributed by atoms with Crippen molar-refractivity contribution in [2.45, 2.75) is 6.92 Å². The molecular formula is C10H10N4OS. The largest absolute Gasteiger partial charge is 0.342 e. The van der Waals surface area contributed by atoms with Crippen LogP contribution < -0.4 is 4.90 Å². The van der Waals surface area contributed by atoms with Crippen LogP contribution in [-0.4, -0.2) is 23.7 Å². The van der Waals surface area contributed by atoms with Crippen molar-refractivity contribution in [3.63, 3.8) is 0 Å². The molecule has 0 bridgehead atoms. The molecule has 2 rings (SSSR count). The van der Waals surface area contributed by atoms with E-state index in [1.165, 1.54) is 11.3 Å². The summed E-state index contributed by atoms with van der Waals surface area (Å²) in [5.74, 6) is 1.02. The zero-order chi connectivity index (χ0) is 11.5. The summed E-state index contributed by atoms with van der Waals surface area (Å²) in [4.78, 5) is 7.59. The van der Waals surface area contributed by atoms with Gasteiger partial charge in [0.2, 0.25) is 0 Å². The standard InChI is InChI=1S/C10H10N4OS/c1-3-14(2)10-12-9(15-13-10)8-5-4-7(6-11)16-8/h4-5H,3H2,1-2H3. The normalized spacial score (nSPS) is 10.1. The van der Waals surface area contributed by atoms with Gasteiger partial charge in [-0.1, -0.05) is 0 Å². The summed E-state index contributed by atoms with van der Waals surface area (Å²) < 4.78 is 5.13. The fourth-order valence-electron chi connectivity index (χ4n) is 1.13. The topological polar surface area (TPSA) is 66.0 Å². The van der Waals surface area contributed by atoms with Crippen molar-refractivity contribution in [2.75, 3.05) is 18.5 Å². The van der Waals surface area contributed by atoms with E-state index in [1.807, 2.05) is 24.9 Å². The van der Waals surface area contributed by atoms with Crippen molar-refractivity contribution in [1.29, 1.82) is 5.26 Å². The summed E-state index contributed by atoms with van der Waals surface area (Å²) in [7, 11) is 1.89. The quantitative estimate of drug-likeness (QED) is 0.813. The van der Waals surface area contributed by atoms with E-state index in [2.05, 4.69) is 16.2 Å². The van der Waals surface area contributed by atoms with Crippen LogP contribution >= 0.6 is 11.3 Å². The first kappa shape index (κ1) is 10.6. The molecule has 0 fully saturated rings. The van der Waals surface area contributed by atoms with Crippen LogP contribution in [0.1, 0.15) is 11.8 Å². The van der Waals surface area contributed by atoms with E-state index in [-0.39, 0.29) is 0 Å². The molecule has 2 heterocycles. The maximum Gasteiger partial charge on any atom is 0.269 e. The second kappa shape index (κ2) is 4.33. The Kier molecular flexibility index (Phi) is 2.88. The number of rotatable bonds is 3. The lowest BCUT2D eigenvalue weighted by atomic mass is 10.4. The minimum absolute atomic E-state index is 0.460. The Labute approximate surface area is 96.9 Å². The molecule has 0 aromatic carbocycles. The predicted octanol–water partition coefficient (Wildman–Crippen LogP) is 2.13. The third-order valence-corrected chi connectivity index (χ3v) is 3.14. The minimum atomic E-state index is 0.460. The highest BCUT2D eigenvalue weighted by Gasteiger charge is 2.12. The molecule has 2 aromatic heterocycles. The lowest BCUT2D eigenvalue weighted by molar-refractivity contribution is 0.431.